The Hall–Kier alpha value is -1.25. The lowest BCUT2D eigenvalue weighted by atomic mass is 10.1. The van der Waals surface area contributed by atoms with Crippen molar-refractivity contribution in [3.05, 3.63) is 46.4 Å². The zero-order valence-corrected chi connectivity index (χ0v) is 12.3. The monoisotopic (exact) mass is 277 g/mol. The quantitative estimate of drug-likeness (QED) is 0.571. The summed E-state index contributed by atoms with van der Waals surface area (Å²) >= 11 is 7.59. The number of aryl methyl sites for hydroxylation is 1. The van der Waals surface area contributed by atoms with Crippen molar-refractivity contribution in [3.63, 3.8) is 0 Å². The van der Waals surface area contributed by atoms with Crippen LogP contribution < -0.4 is 0 Å². The van der Waals surface area contributed by atoms with E-state index in [4.69, 9.17) is 11.6 Å². The van der Waals surface area contributed by atoms with Crippen LogP contribution in [0, 0.1) is 6.92 Å². The van der Waals surface area contributed by atoms with E-state index < -0.39 is 0 Å². The Morgan fingerprint density at radius 1 is 1.11 bits per heavy atom. The number of nitrogens with one attached hydrogen (secondary N) is 1. The molecule has 1 aromatic carbocycles. The van der Waals surface area contributed by atoms with Crippen molar-refractivity contribution in [2.24, 2.45) is 0 Å². The van der Waals surface area contributed by atoms with Gasteiger partial charge >= 0.3 is 0 Å². The molecule has 0 aliphatic carbocycles. The highest BCUT2D eigenvalue weighted by Crippen LogP contribution is 2.35. The van der Waals surface area contributed by atoms with E-state index in [0.29, 0.717) is 0 Å². The van der Waals surface area contributed by atoms with Gasteiger partial charge in [0.25, 0.3) is 0 Å². The second-order valence-corrected chi connectivity index (χ2v) is 5.54. The smallest absolute Gasteiger partial charge is 0.0934 e. The number of H-pyrrole nitrogens is 1. The summed E-state index contributed by atoms with van der Waals surface area (Å²) in [6.07, 6.45) is 0. The van der Waals surface area contributed by atoms with Gasteiger partial charge in [0.2, 0.25) is 0 Å². The van der Waals surface area contributed by atoms with Gasteiger partial charge in [0, 0.05) is 21.5 Å². The van der Waals surface area contributed by atoms with Gasteiger partial charge in [0.05, 0.1) is 9.85 Å². The Kier molecular flexibility index (Phi) is 4.10. The Morgan fingerprint density at radius 2 is 1.89 bits per heavy atom. The predicted octanol–water partition coefficient (Wildman–Crippen LogP) is 5.88. The molecule has 0 saturated heterocycles. The Bertz CT molecular complexity index is 651. The third-order valence-corrected chi connectivity index (χ3v) is 3.89. The molecule has 0 amide bonds. The first-order chi connectivity index (χ1) is 8.74. The van der Waals surface area contributed by atoms with E-state index in [0.717, 1.165) is 4.34 Å². The fraction of sp³-hybridized carbons (Fsp3) is 0.200. The zero-order valence-electron chi connectivity index (χ0n) is 10.8. The maximum absolute atomic E-state index is 5.97. The fourth-order valence-electron chi connectivity index (χ4n) is 1.96. The summed E-state index contributed by atoms with van der Waals surface area (Å²) in [5.74, 6) is 0. The SMILES string of the molecule is CC.Cc1cc2cccc(-c3ccc(Cl)s3)c2[nH]1. The van der Waals surface area contributed by atoms with Crippen molar-refractivity contribution in [2.75, 3.05) is 0 Å². The highest BCUT2D eigenvalue weighted by molar-refractivity contribution is 7.19. The van der Waals surface area contributed by atoms with Crippen molar-refractivity contribution in [1.82, 2.24) is 4.98 Å². The molecule has 0 aliphatic rings. The Morgan fingerprint density at radius 3 is 2.56 bits per heavy atom. The highest BCUT2D eigenvalue weighted by atomic mass is 35.5. The molecule has 0 saturated carbocycles. The lowest BCUT2D eigenvalue weighted by Gasteiger charge is -1.99. The molecule has 3 heteroatoms. The van der Waals surface area contributed by atoms with Gasteiger partial charge in [0.1, 0.15) is 0 Å². The maximum atomic E-state index is 5.97. The number of thiophene rings is 1. The molecular formula is C15H16ClNS. The number of hydrogen-bond donors (Lipinski definition) is 1. The molecule has 94 valence electrons. The van der Waals surface area contributed by atoms with Crippen LogP contribution in [0.15, 0.2) is 36.4 Å². The summed E-state index contributed by atoms with van der Waals surface area (Å²) in [6.45, 7) is 6.07. The third kappa shape index (κ3) is 2.45. The first kappa shape index (κ1) is 13.2. The molecule has 0 bridgehead atoms. The third-order valence-electron chi connectivity index (χ3n) is 2.63. The first-order valence-electron chi connectivity index (χ1n) is 6.08. The molecule has 0 atom stereocenters. The molecule has 3 rings (SSSR count). The molecular weight excluding hydrogens is 262 g/mol. The second-order valence-electron chi connectivity index (χ2n) is 3.83. The normalized spacial score (nSPS) is 10.2. The highest BCUT2D eigenvalue weighted by Gasteiger charge is 2.07. The van der Waals surface area contributed by atoms with Crippen LogP contribution in [0.4, 0.5) is 0 Å². The van der Waals surface area contributed by atoms with Crippen LogP contribution in [0.1, 0.15) is 19.5 Å². The summed E-state index contributed by atoms with van der Waals surface area (Å²) in [6, 6.07) is 12.5. The fourth-order valence-corrected chi connectivity index (χ4v) is 3.04. The van der Waals surface area contributed by atoms with Crippen LogP contribution in [0.25, 0.3) is 21.3 Å². The van der Waals surface area contributed by atoms with Gasteiger partial charge in [-0.05, 0) is 25.1 Å². The summed E-state index contributed by atoms with van der Waals surface area (Å²) in [5.41, 5.74) is 3.60. The average Bonchev–Trinajstić information content (AvgIpc) is 2.96. The molecule has 18 heavy (non-hydrogen) atoms. The van der Waals surface area contributed by atoms with Crippen molar-refractivity contribution in [1.29, 1.82) is 0 Å². The number of benzene rings is 1. The molecule has 2 aromatic heterocycles. The number of aromatic nitrogens is 1. The Balaban J connectivity index is 0.000000574. The molecule has 1 N–H and O–H groups in total. The van der Waals surface area contributed by atoms with E-state index in [1.54, 1.807) is 11.3 Å². The van der Waals surface area contributed by atoms with Gasteiger partial charge in [-0.25, -0.2) is 0 Å². The molecule has 0 aliphatic heterocycles. The largest absolute Gasteiger partial charge is 0.358 e. The van der Waals surface area contributed by atoms with Crippen LogP contribution >= 0.6 is 22.9 Å². The summed E-state index contributed by atoms with van der Waals surface area (Å²) in [7, 11) is 0. The molecule has 2 heterocycles. The zero-order chi connectivity index (χ0) is 13.1. The van der Waals surface area contributed by atoms with Crippen molar-refractivity contribution >= 4 is 33.8 Å². The summed E-state index contributed by atoms with van der Waals surface area (Å²) < 4.78 is 0.829. The number of halogens is 1. The minimum atomic E-state index is 0.829. The maximum Gasteiger partial charge on any atom is 0.0934 e. The van der Waals surface area contributed by atoms with Gasteiger partial charge in [-0.1, -0.05) is 43.6 Å². The topological polar surface area (TPSA) is 15.8 Å². The molecule has 0 radical (unpaired) electrons. The van der Waals surface area contributed by atoms with Crippen LogP contribution in [0.2, 0.25) is 4.34 Å². The molecule has 1 nitrogen and oxygen atoms in total. The minimum absolute atomic E-state index is 0.829. The molecule has 3 aromatic rings. The van der Waals surface area contributed by atoms with Crippen molar-refractivity contribution in [3.8, 4) is 10.4 Å². The van der Waals surface area contributed by atoms with Crippen LogP contribution in [-0.2, 0) is 0 Å². The van der Waals surface area contributed by atoms with E-state index in [1.807, 2.05) is 19.9 Å². The average molecular weight is 278 g/mol. The van der Waals surface area contributed by atoms with Crippen molar-refractivity contribution < 1.29 is 0 Å². The van der Waals surface area contributed by atoms with E-state index in [1.165, 1.54) is 27.0 Å². The van der Waals surface area contributed by atoms with Crippen molar-refractivity contribution in [2.45, 2.75) is 20.8 Å². The van der Waals surface area contributed by atoms with Gasteiger partial charge in [-0.2, -0.15) is 0 Å². The van der Waals surface area contributed by atoms with Crippen LogP contribution in [0.3, 0.4) is 0 Å². The Labute approximate surface area is 116 Å². The van der Waals surface area contributed by atoms with Gasteiger partial charge in [-0.15, -0.1) is 11.3 Å². The number of hydrogen-bond acceptors (Lipinski definition) is 1. The van der Waals surface area contributed by atoms with Gasteiger partial charge < -0.3 is 4.98 Å². The standard InChI is InChI=1S/C13H10ClNS.C2H6/c1-8-7-9-3-2-4-10(13(9)15-8)11-5-6-12(14)16-11;1-2/h2-7,15H,1H3;1-2H3. The first-order valence-corrected chi connectivity index (χ1v) is 7.27. The number of para-hydroxylation sites is 1. The summed E-state index contributed by atoms with van der Waals surface area (Å²) in [5, 5.41) is 1.25. The van der Waals surface area contributed by atoms with E-state index >= 15 is 0 Å². The number of fused-ring (bicyclic) bond motifs is 1. The number of rotatable bonds is 1. The van der Waals surface area contributed by atoms with Crippen LogP contribution in [-0.4, -0.2) is 4.98 Å². The molecule has 0 unspecified atom stereocenters. The van der Waals surface area contributed by atoms with Gasteiger partial charge in [0.15, 0.2) is 0 Å². The summed E-state index contributed by atoms with van der Waals surface area (Å²) in [4.78, 5) is 4.60. The lowest BCUT2D eigenvalue weighted by Crippen LogP contribution is -1.76. The lowest BCUT2D eigenvalue weighted by molar-refractivity contribution is 1.30. The van der Waals surface area contributed by atoms with E-state index in [9.17, 15) is 0 Å². The molecule has 0 fully saturated rings. The van der Waals surface area contributed by atoms with E-state index in [2.05, 4.69) is 42.2 Å². The minimum Gasteiger partial charge on any atom is -0.358 e. The number of aromatic amines is 1. The predicted molar refractivity (Wildman–Crippen MR) is 82.7 cm³/mol. The molecule has 0 spiro atoms. The van der Waals surface area contributed by atoms with E-state index in [-0.39, 0.29) is 0 Å². The van der Waals surface area contributed by atoms with Gasteiger partial charge in [-0.3, -0.25) is 0 Å². The van der Waals surface area contributed by atoms with Crippen LogP contribution in [0.5, 0.6) is 0 Å². The second kappa shape index (κ2) is 5.59.